The van der Waals surface area contributed by atoms with Gasteiger partial charge in [0.05, 0.1) is 0 Å². The van der Waals surface area contributed by atoms with Gasteiger partial charge in [0.2, 0.25) is 0 Å². The van der Waals surface area contributed by atoms with Gasteiger partial charge >= 0.3 is 0 Å². The smallest absolute Gasteiger partial charge is 0.140 e. The molecular weight excluding hydrogens is 212 g/mol. The zero-order chi connectivity index (χ0) is 13.0. The van der Waals surface area contributed by atoms with Gasteiger partial charge in [-0.25, -0.2) is 0 Å². The molecule has 0 aromatic carbocycles. The molecule has 1 aliphatic rings. The SMILES string of the molecule is C=C1CCC(=O)C[C@@H]1[C@H](C)C(=O)CC=C(C)C. The normalized spacial score (nSPS) is 22.2. The summed E-state index contributed by atoms with van der Waals surface area (Å²) in [5.74, 6) is 0.466. The van der Waals surface area contributed by atoms with Crippen LogP contribution in [0.5, 0.6) is 0 Å². The Hall–Kier alpha value is -1.18. The lowest BCUT2D eigenvalue weighted by atomic mass is 9.75. The Kier molecular flexibility index (Phi) is 4.86. The molecule has 0 spiro atoms. The summed E-state index contributed by atoms with van der Waals surface area (Å²) < 4.78 is 0. The number of Topliss-reactive ketones (excluding diaryl/α,β-unsaturated/α-hetero) is 2. The van der Waals surface area contributed by atoms with Crippen molar-refractivity contribution in [2.45, 2.75) is 46.5 Å². The third-order valence-corrected chi connectivity index (χ3v) is 3.52. The van der Waals surface area contributed by atoms with Crippen molar-refractivity contribution in [2.24, 2.45) is 11.8 Å². The van der Waals surface area contributed by atoms with E-state index in [0.717, 1.165) is 17.6 Å². The molecule has 1 rings (SSSR count). The van der Waals surface area contributed by atoms with Crippen molar-refractivity contribution in [3.8, 4) is 0 Å². The highest BCUT2D eigenvalue weighted by Crippen LogP contribution is 2.32. The predicted octanol–water partition coefficient (Wildman–Crippen LogP) is 3.47. The highest BCUT2D eigenvalue weighted by Gasteiger charge is 2.30. The molecule has 0 aromatic heterocycles. The number of allylic oxidation sites excluding steroid dienone is 3. The van der Waals surface area contributed by atoms with E-state index in [2.05, 4.69) is 6.58 Å². The van der Waals surface area contributed by atoms with E-state index in [9.17, 15) is 9.59 Å². The molecule has 0 aliphatic heterocycles. The molecule has 0 unspecified atom stereocenters. The van der Waals surface area contributed by atoms with Gasteiger partial charge in [0.15, 0.2) is 0 Å². The lowest BCUT2D eigenvalue weighted by Crippen LogP contribution is -2.27. The first-order valence-corrected chi connectivity index (χ1v) is 6.27. The van der Waals surface area contributed by atoms with Gasteiger partial charge in [-0.3, -0.25) is 9.59 Å². The molecule has 2 atom stereocenters. The summed E-state index contributed by atoms with van der Waals surface area (Å²) in [5, 5.41) is 0. The van der Waals surface area contributed by atoms with Crippen LogP contribution in [-0.2, 0) is 9.59 Å². The number of carbonyl (C=O) groups excluding carboxylic acids is 2. The van der Waals surface area contributed by atoms with E-state index in [0.29, 0.717) is 19.3 Å². The fraction of sp³-hybridized carbons (Fsp3) is 0.600. The maximum absolute atomic E-state index is 12.0. The van der Waals surface area contributed by atoms with Gasteiger partial charge in [0.1, 0.15) is 11.6 Å². The van der Waals surface area contributed by atoms with Crippen molar-refractivity contribution in [1.82, 2.24) is 0 Å². The van der Waals surface area contributed by atoms with Crippen molar-refractivity contribution in [3.63, 3.8) is 0 Å². The second-order valence-corrected chi connectivity index (χ2v) is 5.25. The number of ketones is 2. The fourth-order valence-electron chi connectivity index (χ4n) is 2.22. The Morgan fingerprint density at radius 1 is 1.47 bits per heavy atom. The topological polar surface area (TPSA) is 34.1 Å². The first-order chi connectivity index (χ1) is 7.91. The lowest BCUT2D eigenvalue weighted by molar-refractivity contribution is -0.125. The third kappa shape index (κ3) is 3.95. The van der Waals surface area contributed by atoms with E-state index in [-0.39, 0.29) is 23.4 Å². The zero-order valence-electron chi connectivity index (χ0n) is 11.1. The minimum Gasteiger partial charge on any atom is -0.300 e. The molecule has 1 saturated carbocycles. The molecule has 0 N–H and O–H groups in total. The molecule has 0 aromatic rings. The molecule has 0 amide bonds. The van der Waals surface area contributed by atoms with Crippen molar-refractivity contribution < 1.29 is 9.59 Å². The van der Waals surface area contributed by atoms with Crippen LogP contribution in [0.3, 0.4) is 0 Å². The summed E-state index contributed by atoms with van der Waals surface area (Å²) in [6.07, 6.45) is 4.28. The Morgan fingerprint density at radius 3 is 2.71 bits per heavy atom. The Bertz CT molecular complexity index is 359. The van der Waals surface area contributed by atoms with Crippen molar-refractivity contribution in [3.05, 3.63) is 23.8 Å². The maximum atomic E-state index is 12.0. The minimum atomic E-state index is -0.0812. The molecule has 2 nitrogen and oxygen atoms in total. The van der Waals surface area contributed by atoms with Crippen LogP contribution in [0.15, 0.2) is 23.8 Å². The first kappa shape index (κ1) is 13.9. The maximum Gasteiger partial charge on any atom is 0.140 e. The van der Waals surface area contributed by atoms with E-state index in [1.807, 2.05) is 26.8 Å². The summed E-state index contributed by atoms with van der Waals surface area (Å²) in [6.45, 7) is 9.91. The average Bonchev–Trinajstić information content (AvgIpc) is 2.28. The molecule has 17 heavy (non-hydrogen) atoms. The molecule has 0 saturated heterocycles. The van der Waals surface area contributed by atoms with Crippen LogP contribution in [0.4, 0.5) is 0 Å². The van der Waals surface area contributed by atoms with Crippen molar-refractivity contribution in [1.29, 1.82) is 0 Å². The Labute approximate surface area is 104 Å². The molecule has 1 aliphatic carbocycles. The molecule has 0 bridgehead atoms. The van der Waals surface area contributed by atoms with Gasteiger partial charge in [-0.1, -0.05) is 30.7 Å². The van der Waals surface area contributed by atoms with E-state index in [1.54, 1.807) is 0 Å². The number of rotatable bonds is 4. The second-order valence-electron chi connectivity index (χ2n) is 5.25. The molecule has 0 radical (unpaired) electrons. The highest BCUT2D eigenvalue weighted by molar-refractivity contribution is 5.85. The van der Waals surface area contributed by atoms with E-state index >= 15 is 0 Å². The first-order valence-electron chi connectivity index (χ1n) is 6.27. The van der Waals surface area contributed by atoms with Crippen LogP contribution in [0.1, 0.15) is 46.5 Å². The van der Waals surface area contributed by atoms with E-state index < -0.39 is 0 Å². The van der Waals surface area contributed by atoms with Crippen LogP contribution < -0.4 is 0 Å². The summed E-state index contributed by atoms with van der Waals surface area (Å²) in [6, 6.07) is 0. The van der Waals surface area contributed by atoms with E-state index in [1.165, 1.54) is 0 Å². The van der Waals surface area contributed by atoms with Crippen molar-refractivity contribution >= 4 is 11.6 Å². The Balaban J connectivity index is 2.64. The van der Waals surface area contributed by atoms with Crippen LogP contribution >= 0.6 is 0 Å². The third-order valence-electron chi connectivity index (χ3n) is 3.52. The van der Waals surface area contributed by atoms with Crippen LogP contribution in [0, 0.1) is 11.8 Å². The van der Waals surface area contributed by atoms with Gasteiger partial charge < -0.3 is 0 Å². The van der Waals surface area contributed by atoms with Crippen LogP contribution in [0.2, 0.25) is 0 Å². The number of hydrogen-bond acceptors (Lipinski definition) is 2. The summed E-state index contributed by atoms with van der Waals surface area (Å²) in [7, 11) is 0. The monoisotopic (exact) mass is 234 g/mol. The molecule has 1 fully saturated rings. The van der Waals surface area contributed by atoms with Crippen LogP contribution in [0.25, 0.3) is 0 Å². The van der Waals surface area contributed by atoms with Crippen molar-refractivity contribution in [2.75, 3.05) is 0 Å². The van der Waals surface area contributed by atoms with E-state index in [4.69, 9.17) is 0 Å². The zero-order valence-corrected chi connectivity index (χ0v) is 11.1. The van der Waals surface area contributed by atoms with Gasteiger partial charge in [-0.15, -0.1) is 0 Å². The summed E-state index contributed by atoms with van der Waals surface area (Å²) in [5.41, 5.74) is 2.23. The van der Waals surface area contributed by atoms with Gasteiger partial charge in [-0.05, 0) is 26.2 Å². The highest BCUT2D eigenvalue weighted by atomic mass is 16.1. The predicted molar refractivity (Wildman–Crippen MR) is 69.7 cm³/mol. The van der Waals surface area contributed by atoms with Gasteiger partial charge in [0.25, 0.3) is 0 Å². The molecular formula is C15H22O2. The number of hydrogen-bond donors (Lipinski definition) is 0. The number of carbonyl (C=O) groups is 2. The lowest BCUT2D eigenvalue weighted by Gasteiger charge is -2.28. The second kappa shape index (κ2) is 5.95. The van der Waals surface area contributed by atoms with Crippen LogP contribution in [-0.4, -0.2) is 11.6 Å². The minimum absolute atomic E-state index is 0.0642. The standard InChI is InChI=1S/C15H22O2/c1-10(2)5-8-15(17)12(4)14-9-13(16)7-6-11(14)3/h5,12,14H,3,6-9H2,1-2,4H3/t12-,14-/m0/s1. The molecule has 94 valence electrons. The fourth-order valence-corrected chi connectivity index (χ4v) is 2.22. The Morgan fingerprint density at radius 2 is 2.12 bits per heavy atom. The summed E-state index contributed by atoms with van der Waals surface area (Å²) >= 11 is 0. The quantitative estimate of drug-likeness (QED) is 0.698. The summed E-state index contributed by atoms with van der Waals surface area (Å²) in [4.78, 5) is 23.4. The average molecular weight is 234 g/mol. The molecule has 2 heteroatoms. The van der Waals surface area contributed by atoms with Gasteiger partial charge in [0, 0.05) is 25.2 Å². The van der Waals surface area contributed by atoms with Gasteiger partial charge in [-0.2, -0.15) is 0 Å². The largest absolute Gasteiger partial charge is 0.300 e. The molecule has 0 heterocycles.